The zero-order valence-corrected chi connectivity index (χ0v) is 14.5. The van der Waals surface area contributed by atoms with Crippen LogP contribution in [0.5, 0.6) is 0 Å². The molecule has 0 bridgehead atoms. The SMILES string of the molecule is CC1(C)CC(=O)C2=C(C1)Nc1[nH][nH]c(=O)c1C2c1ccc(C(=O)O)cc1. The number of aromatic carboxylic acids is 1. The standard InChI is InChI=1S/C19H19N3O4/c1-19(2)7-11-14(12(23)8-19)13(15-16(20-11)21-22-17(15)24)9-3-5-10(6-4-9)18(25)26/h3-6,13H,7-8H2,1-2H3,(H,25,26)(H3,20,21,22,24). The summed E-state index contributed by atoms with van der Waals surface area (Å²) < 4.78 is 0. The normalized spacial score (nSPS) is 21.0. The third-order valence-corrected chi connectivity index (χ3v) is 5.08. The molecule has 134 valence electrons. The number of allylic oxidation sites excluding steroid dienone is 2. The summed E-state index contributed by atoms with van der Waals surface area (Å²) in [5.74, 6) is -0.950. The van der Waals surface area contributed by atoms with Crippen LogP contribution in [0.1, 0.15) is 54.1 Å². The molecular weight excluding hydrogens is 334 g/mol. The van der Waals surface area contributed by atoms with Gasteiger partial charge in [-0.2, -0.15) is 0 Å². The van der Waals surface area contributed by atoms with Crippen LogP contribution in [-0.4, -0.2) is 27.1 Å². The predicted molar refractivity (Wildman–Crippen MR) is 95.3 cm³/mol. The lowest BCUT2D eigenvalue weighted by molar-refractivity contribution is -0.118. The molecule has 1 aliphatic carbocycles. The van der Waals surface area contributed by atoms with E-state index in [1.165, 1.54) is 12.1 Å². The van der Waals surface area contributed by atoms with Gasteiger partial charge in [-0.3, -0.25) is 19.8 Å². The van der Waals surface area contributed by atoms with Crippen LogP contribution in [0.4, 0.5) is 5.82 Å². The molecule has 1 unspecified atom stereocenters. The number of Topliss-reactive ketones (excluding diaryl/α,β-unsaturated/α-hetero) is 1. The first-order valence-electron chi connectivity index (χ1n) is 8.44. The van der Waals surface area contributed by atoms with Crippen molar-refractivity contribution in [2.75, 3.05) is 5.32 Å². The van der Waals surface area contributed by atoms with Crippen LogP contribution in [0.3, 0.4) is 0 Å². The first-order chi connectivity index (χ1) is 12.3. The van der Waals surface area contributed by atoms with Crippen molar-refractivity contribution in [3.8, 4) is 0 Å². The smallest absolute Gasteiger partial charge is 0.335 e. The van der Waals surface area contributed by atoms with Crippen LogP contribution in [-0.2, 0) is 4.79 Å². The second-order valence-electron chi connectivity index (χ2n) is 7.69. The summed E-state index contributed by atoms with van der Waals surface area (Å²) in [7, 11) is 0. The Kier molecular flexibility index (Phi) is 3.44. The molecule has 0 saturated heterocycles. The average Bonchev–Trinajstić information content (AvgIpc) is 2.93. The summed E-state index contributed by atoms with van der Waals surface area (Å²) in [6.07, 6.45) is 1.11. The lowest BCUT2D eigenvalue weighted by atomic mass is 9.69. The van der Waals surface area contributed by atoms with Crippen molar-refractivity contribution in [2.24, 2.45) is 5.41 Å². The Morgan fingerprint density at radius 1 is 1.12 bits per heavy atom. The predicted octanol–water partition coefficient (Wildman–Crippen LogP) is 2.60. The molecule has 4 N–H and O–H groups in total. The number of hydrogen-bond acceptors (Lipinski definition) is 4. The van der Waals surface area contributed by atoms with Crippen LogP contribution < -0.4 is 10.9 Å². The Morgan fingerprint density at radius 3 is 2.46 bits per heavy atom. The molecule has 2 heterocycles. The van der Waals surface area contributed by atoms with Crippen LogP contribution in [0, 0.1) is 5.41 Å². The molecule has 0 amide bonds. The number of carbonyl (C=O) groups is 2. The van der Waals surface area contributed by atoms with Crippen molar-refractivity contribution in [1.29, 1.82) is 0 Å². The molecule has 7 nitrogen and oxygen atoms in total. The van der Waals surface area contributed by atoms with E-state index in [4.69, 9.17) is 5.11 Å². The Balaban J connectivity index is 1.90. The van der Waals surface area contributed by atoms with E-state index >= 15 is 0 Å². The van der Waals surface area contributed by atoms with E-state index in [0.29, 0.717) is 29.8 Å². The number of aromatic amines is 2. The topological polar surface area (TPSA) is 115 Å². The zero-order chi connectivity index (χ0) is 18.6. The van der Waals surface area contributed by atoms with Gasteiger partial charge in [-0.15, -0.1) is 0 Å². The van der Waals surface area contributed by atoms with E-state index in [1.54, 1.807) is 12.1 Å². The number of carbonyl (C=O) groups excluding carboxylic acids is 1. The molecule has 2 aliphatic rings. The fourth-order valence-electron chi connectivity index (χ4n) is 3.97. The maximum atomic E-state index is 12.9. The van der Waals surface area contributed by atoms with Crippen molar-refractivity contribution in [3.05, 3.63) is 62.6 Å². The average molecular weight is 353 g/mol. The van der Waals surface area contributed by atoms with E-state index in [1.807, 2.05) is 13.8 Å². The number of anilines is 1. The Bertz CT molecular complexity index is 1010. The molecule has 2 aromatic rings. The Morgan fingerprint density at radius 2 is 1.81 bits per heavy atom. The Labute approximate surface area is 149 Å². The lowest BCUT2D eigenvalue weighted by Crippen LogP contribution is -2.35. The molecule has 1 aromatic carbocycles. The van der Waals surface area contributed by atoms with Gasteiger partial charge in [-0.05, 0) is 29.5 Å². The maximum Gasteiger partial charge on any atom is 0.335 e. The van der Waals surface area contributed by atoms with Crippen molar-refractivity contribution in [1.82, 2.24) is 10.2 Å². The van der Waals surface area contributed by atoms with Crippen LogP contribution in [0.25, 0.3) is 0 Å². The van der Waals surface area contributed by atoms with Gasteiger partial charge in [-0.1, -0.05) is 26.0 Å². The second kappa shape index (κ2) is 5.45. The molecule has 0 saturated carbocycles. The van der Waals surface area contributed by atoms with Crippen molar-refractivity contribution >= 4 is 17.6 Å². The van der Waals surface area contributed by atoms with Gasteiger partial charge in [0.05, 0.1) is 11.1 Å². The number of rotatable bonds is 2. The Hall–Kier alpha value is -3.09. The van der Waals surface area contributed by atoms with Crippen molar-refractivity contribution < 1.29 is 14.7 Å². The summed E-state index contributed by atoms with van der Waals surface area (Å²) in [5, 5.41) is 17.7. The van der Waals surface area contributed by atoms with E-state index < -0.39 is 11.9 Å². The number of carboxylic acids is 1. The van der Waals surface area contributed by atoms with Gasteiger partial charge in [0.2, 0.25) is 0 Å². The number of benzene rings is 1. The van der Waals surface area contributed by atoms with Gasteiger partial charge in [0.25, 0.3) is 5.56 Å². The minimum Gasteiger partial charge on any atom is -0.478 e. The molecule has 1 aliphatic heterocycles. The molecule has 4 rings (SSSR count). The van der Waals surface area contributed by atoms with E-state index in [9.17, 15) is 14.4 Å². The highest BCUT2D eigenvalue weighted by Crippen LogP contribution is 2.47. The summed E-state index contributed by atoms with van der Waals surface area (Å²) >= 11 is 0. The number of nitrogens with one attached hydrogen (secondary N) is 3. The number of hydrogen-bond donors (Lipinski definition) is 4. The molecule has 0 radical (unpaired) electrons. The summed E-state index contributed by atoms with van der Waals surface area (Å²) in [4.78, 5) is 36.4. The lowest BCUT2D eigenvalue weighted by Gasteiger charge is -2.37. The van der Waals surface area contributed by atoms with Crippen molar-refractivity contribution in [2.45, 2.75) is 32.6 Å². The summed E-state index contributed by atoms with van der Waals surface area (Å²) in [6, 6.07) is 6.34. The van der Waals surface area contributed by atoms with E-state index in [2.05, 4.69) is 15.5 Å². The van der Waals surface area contributed by atoms with Crippen molar-refractivity contribution in [3.63, 3.8) is 0 Å². The monoisotopic (exact) mass is 353 g/mol. The molecule has 1 atom stereocenters. The summed E-state index contributed by atoms with van der Waals surface area (Å²) in [6.45, 7) is 4.09. The quantitative estimate of drug-likeness (QED) is 0.662. The number of H-pyrrole nitrogens is 2. The fraction of sp³-hybridized carbons (Fsp3) is 0.316. The number of aromatic nitrogens is 2. The molecule has 0 fully saturated rings. The van der Waals surface area contributed by atoms with Gasteiger partial charge in [0.15, 0.2) is 5.78 Å². The van der Waals surface area contributed by atoms with Crippen LogP contribution in [0.15, 0.2) is 40.3 Å². The highest BCUT2D eigenvalue weighted by Gasteiger charge is 2.42. The number of ketones is 1. The van der Waals surface area contributed by atoms with Crippen LogP contribution >= 0.6 is 0 Å². The third-order valence-electron chi connectivity index (χ3n) is 5.08. The van der Waals surface area contributed by atoms with Gasteiger partial charge >= 0.3 is 5.97 Å². The third kappa shape index (κ3) is 2.47. The first kappa shape index (κ1) is 16.4. The van der Waals surface area contributed by atoms with Crippen LogP contribution in [0.2, 0.25) is 0 Å². The summed E-state index contributed by atoms with van der Waals surface area (Å²) in [5.41, 5.74) is 2.32. The van der Waals surface area contributed by atoms with E-state index in [0.717, 1.165) is 11.3 Å². The largest absolute Gasteiger partial charge is 0.478 e. The first-order valence-corrected chi connectivity index (χ1v) is 8.44. The molecule has 26 heavy (non-hydrogen) atoms. The molecule has 1 aromatic heterocycles. The molecule has 0 spiro atoms. The fourth-order valence-corrected chi connectivity index (χ4v) is 3.97. The highest BCUT2D eigenvalue weighted by molar-refractivity contribution is 6.01. The number of fused-ring (bicyclic) bond motifs is 1. The van der Waals surface area contributed by atoms with Gasteiger partial charge in [0, 0.05) is 23.6 Å². The van der Waals surface area contributed by atoms with Gasteiger partial charge in [-0.25, -0.2) is 4.79 Å². The minimum atomic E-state index is -1.02. The highest BCUT2D eigenvalue weighted by atomic mass is 16.4. The zero-order valence-electron chi connectivity index (χ0n) is 14.5. The second-order valence-corrected chi connectivity index (χ2v) is 7.69. The van der Waals surface area contributed by atoms with E-state index in [-0.39, 0.29) is 22.3 Å². The molecule has 7 heteroatoms. The maximum absolute atomic E-state index is 12.9. The minimum absolute atomic E-state index is 0.0160. The number of carboxylic acid groups (broad SMARTS) is 1. The van der Waals surface area contributed by atoms with Gasteiger partial charge < -0.3 is 10.4 Å². The van der Waals surface area contributed by atoms with Gasteiger partial charge in [0.1, 0.15) is 5.82 Å². The molecular formula is C19H19N3O4.